The minimum absolute atomic E-state index is 0.309. The molecule has 2 N–H and O–H groups in total. The molecule has 0 aromatic heterocycles. The Labute approximate surface area is 238 Å². The topological polar surface area (TPSA) is 67.4 Å². The van der Waals surface area contributed by atoms with Crippen molar-refractivity contribution in [3.05, 3.63) is 119 Å². The average Bonchev–Trinajstić information content (AvgIpc) is 2.97. The van der Waals surface area contributed by atoms with E-state index in [1.807, 2.05) is 0 Å². The number of carbonyl (C=O) groups excluding carboxylic acids is 2. The van der Waals surface area contributed by atoms with Gasteiger partial charge >= 0.3 is 6.18 Å². The van der Waals surface area contributed by atoms with E-state index in [0.717, 1.165) is 11.8 Å². The molecule has 0 aliphatic heterocycles. The highest BCUT2D eigenvalue weighted by atomic mass is 32.2. The van der Waals surface area contributed by atoms with Crippen molar-refractivity contribution < 1.29 is 45.1 Å². The molecular formula is C29H19F7N2O3S. The first-order valence-corrected chi connectivity index (χ1v) is 12.8. The van der Waals surface area contributed by atoms with Gasteiger partial charge in [0, 0.05) is 16.1 Å². The second kappa shape index (κ2) is 12.6. The third-order valence-corrected chi connectivity index (χ3v) is 7.10. The summed E-state index contributed by atoms with van der Waals surface area (Å²) in [4.78, 5) is 26.2. The van der Waals surface area contributed by atoms with E-state index in [2.05, 4.69) is 5.32 Å². The molecule has 0 heterocycles. The van der Waals surface area contributed by atoms with Crippen LogP contribution in [0.4, 0.5) is 42.1 Å². The number of ether oxygens (including phenoxy) is 1. The summed E-state index contributed by atoms with van der Waals surface area (Å²) in [5.41, 5.74) is -3.40. The van der Waals surface area contributed by atoms with Crippen LogP contribution in [-0.4, -0.2) is 18.9 Å². The molecule has 1 unspecified atom stereocenters. The fraction of sp³-hybridized carbons (Fsp3) is 0.103. The van der Waals surface area contributed by atoms with E-state index in [4.69, 9.17) is 4.74 Å². The van der Waals surface area contributed by atoms with Gasteiger partial charge in [-0.15, -0.1) is 11.8 Å². The van der Waals surface area contributed by atoms with Crippen LogP contribution in [0.2, 0.25) is 0 Å². The molecule has 42 heavy (non-hydrogen) atoms. The minimum Gasteiger partial charge on any atom is -0.497 e. The van der Waals surface area contributed by atoms with Crippen LogP contribution in [0, 0.1) is 23.3 Å². The number of thioether (sulfide) groups is 1. The molecule has 0 saturated heterocycles. The Hall–Kier alpha value is -4.52. The van der Waals surface area contributed by atoms with Crippen molar-refractivity contribution in [2.24, 2.45) is 0 Å². The number of carbonyl (C=O) groups is 2. The predicted molar refractivity (Wildman–Crippen MR) is 142 cm³/mol. The maximum atomic E-state index is 14.5. The summed E-state index contributed by atoms with van der Waals surface area (Å²) in [6, 6.07) is 20.3. The lowest BCUT2D eigenvalue weighted by Crippen LogP contribution is -2.23. The van der Waals surface area contributed by atoms with Crippen molar-refractivity contribution in [3.8, 4) is 5.75 Å². The van der Waals surface area contributed by atoms with Gasteiger partial charge in [0.15, 0.2) is 23.3 Å². The number of halogens is 7. The molecule has 4 aromatic rings. The lowest BCUT2D eigenvalue weighted by molar-refractivity contribution is -0.143. The number of amides is 2. The average molecular weight is 609 g/mol. The molecule has 5 nitrogen and oxygen atoms in total. The number of methoxy groups -OCH3 is 1. The van der Waals surface area contributed by atoms with Crippen LogP contribution in [0.5, 0.6) is 5.75 Å². The number of hydrogen-bond donors (Lipinski definition) is 2. The van der Waals surface area contributed by atoms with Crippen molar-refractivity contribution in [1.29, 1.82) is 0 Å². The lowest BCUT2D eigenvalue weighted by Gasteiger charge is -2.19. The summed E-state index contributed by atoms with van der Waals surface area (Å²) in [6.07, 6.45) is -5.72. The second-order valence-electron chi connectivity index (χ2n) is 8.61. The molecule has 218 valence electrons. The summed E-state index contributed by atoms with van der Waals surface area (Å²) >= 11 is 0.872. The zero-order valence-electron chi connectivity index (χ0n) is 21.4. The number of nitrogens with one attached hydrogen (secondary N) is 2. The van der Waals surface area contributed by atoms with Gasteiger partial charge in [-0.3, -0.25) is 9.59 Å². The quantitative estimate of drug-likeness (QED) is 0.121. The van der Waals surface area contributed by atoms with E-state index in [9.17, 15) is 40.3 Å². The van der Waals surface area contributed by atoms with E-state index in [1.54, 1.807) is 47.8 Å². The summed E-state index contributed by atoms with van der Waals surface area (Å²) in [7, 11) is 1.46. The molecular weight excluding hydrogens is 589 g/mol. The van der Waals surface area contributed by atoms with Crippen LogP contribution in [0.3, 0.4) is 0 Å². The van der Waals surface area contributed by atoms with Gasteiger partial charge in [-0.25, -0.2) is 17.6 Å². The van der Waals surface area contributed by atoms with Crippen LogP contribution in [0.25, 0.3) is 0 Å². The van der Waals surface area contributed by atoms with Crippen LogP contribution in [-0.2, 0) is 11.0 Å². The Balaban J connectivity index is 1.57. The minimum atomic E-state index is -5.72. The largest absolute Gasteiger partial charge is 0.497 e. The molecule has 0 fully saturated rings. The molecule has 1 atom stereocenters. The number of benzene rings is 4. The van der Waals surface area contributed by atoms with Crippen LogP contribution in [0.1, 0.15) is 26.7 Å². The van der Waals surface area contributed by atoms with Gasteiger partial charge in [0.05, 0.1) is 7.11 Å². The number of rotatable bonds is 8. The fourth-order valence-corrected chi connectivity index (χ4v) is 4.82. The van der Waals surface area contributed by atoms with Crippen molar-refractivity contribution in [1.82, 2.24) is 0 Å². The zero-order valence-corrected chi connectivity index (χ0v) is 22.2. The number of anilines is 2. The summed E-state index contributed by atoms with van der Waals surface area (Å²) in [5.74, 6) is -11.3. The molecule has 0 spiro atoms. The first kappa shape index (κ1) is 30.4. The van der Waals surface area contributed by atoms with Gasteiger partial charge in [0.25, 0.3) is 5.91 Å². The Morgan fingerprint density at radius 3 is 1.98 bits per heavy atom. The van der Waals surface area contributed by atoms with Crippen molar-refractivity contribution in [2.45, 2.75) is 16.3 Å². The molecule has 0 aliphatic rings. The Bertz CT molecular complexity index is 1590. The molecule has 0 radical (unpaired) electrons. The zero-order chi connectivity index (χ0) is 30.6. The van der Waals surface area contributed by atoms with Crippen molar-refractivity contribution >= 4 is 35.0 Å². The molecule has 0 aliphatic carbocycles. The highest BCUT2D eigenvalue weighted by Crippen LogP contribution is 2.40. The number of hydrogen-bond acceptors (Lipinski definition) is 4. The Morgan fingerprint density at radius 1 is 0.786 bits per heavy atom. The summed E-state index contributed by atoms with van der Waals surface area (Å²) < 4.78 is 101. The molecule has 0 saturated carbocycles. The van der Waals surface area contributed by atoms with Crippen molar-refractivity contribution in [3.63, 3.8) is 0 Å². The highest BCUT2D eigenvalue weighted by Gasteiger charge is 2.42. The summed E-state index contributed by atoms with van der Waals surface area (Å²) in [5, 5.41) is 3.13. The fourth-order valence-electron chi connectivity index (χ4n) is 3.80. The first-order valence-electron chi connectivity index (χ1n) is 11.9. The van der Waals surface area contributed by atoms with E-state index in [1.165, 1.54) is 43.5 Å². The monoisotopic (exact) mass is 608 g/mol. The SMILES string of the molecule is COc1cccc(C(=O)Nc2ccc(SC(C(=O)Nc3c(F)c(F)c(C(F)(F)F)c(F)c3F)c3ccccc3)cc2)c1. The smallest absolute Gasteiger partial charge is 0.422 e. The predicted octanol–water partition coefficient (Wildman–Crippen LogP) is 7.99. The third-order valence-electron chi connectivity index (χ3n) is 5.83. The van der Waals surface area contributed by atoms with Gasteiger partial charge in [-0.2, -0.15) is 13.2 Å². The van der Waals surface area contributed by atoms with E-state index < -0.39 is 57.8 Å². The van der Waals surface area contributed by atoms with Crippen LogP contribution < -0.4 is 15.4 Å². The highest BCUT2D eigenvalue weighted by molar-refractivity contribution is 8.00. The molecule has 13 heteroatoms. The molecule has 2 amide bonds. The van der Waals surface area contributed by atoms with Gasteiger partial charge in [-0.05, 0) is 48.0 Å². The summed E-state index contributed by atoms with van der Waals surface area (Å²) in [6.45, 7) is 0. The Morgan fingerprint density at radius 2 is 1.40 bits per heavy atom. The van der Waals surface area contributed by atoms with Crippen LogP contribution in [0.15, 0.2) is 83.8 Å². The second-order valence-corrected chi connectivity index (χ2v) is 9.79. The number of alkyl halides is 3. The van der Waals surface area contributed by atoms with Gasteiger partial charge in [0.1, 0.15) is 22.3 Å². The maximum absolute atomic E-state index is 14.5. The van der Waals surface area contributed by atoms with E-state index >= 15 is 0 Å². The Kier molecular flexibility index (Phi) is 9.10. The molecule has 4 aromatic carbocycles. The van der Waals surface area contributed by atoms with Crippen LogP contribution >= 0.6 is 11.8 Å². The van der Waals surface area contributed by atoms with Gasteiger partial charge in [0.2, 0.25) is 5.91 Å². The third kappa shape index (κ3) is 6.68. The first-order chi connectivity index (χ1) is 19.9. The van der Waals surface area contributed by atoms with Gasteiger partial charge < -0.3 is 15.4 Å². The normalized spacial score (nSPS) is 12.0. The van der Waals surface area contributed by atoms with Crippen molar-refractivity contribution in [2.75, 3.05) is 17.7 Å². The van der Waals surface area contributed by atoms with Gasteiger partial charge in [-0.1, -0.05) is 36.4 Å². The lowest BCUT2D eigenvalue weighted by atomic mass is 10.1. The van der Waals surface area contributed by atoms with E-state index in [-0.39, 0.29) is 0 Å². The van der Waals surface area contributed by atoms with E-state index in [0.29, 0.717) is 27.5 Å². The standard InChI is InChI=1S/C29H19F7N2O3S/c1-41-18-9-5-8-16(14-18)27(39)37-17-10-12-19(13-11-17)42-26(15-6-3-2-4-7-15)28(40)38-25-23(32)21(30)20(29(34,35)36)22(31)24(25)33/h2-14,26H,1H3,(H,37,39)(H,38,40). The maximum Gasteiger partial charge on any atom is 0.422 e. The molecule has 0 bridgehead atoms. The molecule has 4 rings (SSSR count).